The molecule has 3 N–H and O–H groups in total. The van der Waals surface area contributed by atoms with E-state index in [0.717, 1.165) is 43.6 Å². The predicted octanol–water partition coefficient (Wildman–Crippen LogP) is 3.19. The van der Waals surface area contributed by atoms with Crippen LogP contribution in [-0.2, 0) is 11.2 Å². The Hall–Kier alpha value is -2.08. The molecule has 6 nitrogen and oxygen atoms in total. The van der Waals surface area contributed by atoms with Crippen LogP contribution >= 0.6 is 0 Å². The molecule has 1 aromatic carbocycles. The second kappa shape index (κ2) is 9.92. The molecule has 154 valence electrons. The average Bonchev–Trinajstić information content (AvgIpc) is 3.08. The van der Waals surface area contributed by atoms with Gasteiger partial charge >= 0.3 is 12.0 Å². The monoisotopic (exact) mass is 387 g/mol. The van der Waals surface area contributed by atoms with Crippen molar-refractivity contribution in [1.82, 2.24) is 15.5 Å². The largest absolute Gasteiger partial charge is 0.481 e. The SMILES string of the molecule is CCCC(Cc1ccc(C2CNC(=O)N2CCC2CCNCC2)cc1)C(=O)O. The summed E-state index contributed by atoms with van der Waals surface area (Å²) in [6.45, 7) is 5.61. The first-order valence-electron chi connectivity index (χ1n) is 10.6. The molecule has 2 saturated heterocycles. The molecule has 0 aromatic heterocycles. The van der Waals surface area contributed by atoms with Crippen LogP contribution in [0, 0.1) is 11.8 Å². The Morgan fingerprint density at radius 1 is 1.25 bits per heavy atom. The summed E-state index contributed by atoms with van der Waals surface area (Å²) in [6.07, 6.45) is 5.57. The van der Waals surface area contributed by atoms with E-state index in [9.17, 15) is 14.7 Å². The van der Waals surface area contributed by atoms with E-state index in [1.165, 1.54) is 12.8 Å². The standard InChI is InChI=1S/C22H33N3O3/c1-2-3-19(21(26)27)14-17-4-6-18(7-5-17)20-15-24-22(28)25(20)13-10-16-8-11-23-12-9-16/h4-7,16,19-20,23H,2-3,8-15H2,1H3,(H,24,28)(H,26,27). The normalized spacial score (nSPS) is 21.5. The van der Waals surface area contributed by atoms with Gasteiger partial charge in [0.25, 0.3) is 0 Å². The lowest BCUT2D eigenvalue weighted by atomic mass is 9.93. The zero-order chi connectivity index (χ0) is 19.9. The van der Waals surface area contributed by atoms with Crippen molar-refractivity contribution in [3.63, 3.8) is 0 Å². The number of carboxylic acids is 1. The van der Waals surface area contributed by atoms with Gasteiger partial charge in [-0.15, -0.1) is 0 Å². The van der Waals surface area contributed by atoms with Crippen molar-refractivity contribution in [3.05, 3.63) is 35.4 Å². The summed E-state index contributed by atoms with van der Waals surface area (Å²) >= 11 is 0. The lowest BCUT2D eigenvalue weighted by Crippen LogP contribution is -2.34. The molecule has 0 radical (unpaired) electrons. The van der Waals surface area contributed by atoms with Gasteiger partial charge in [0.2, 0.25) is 0 Å². The first-order valence-corrected chi connectivity index (χ1v) is 10.6. The fourth-order valence-electron chi connectivity index (χ4n) is 4.41. The molecule has 2 fully saturated rings. The van der Waals surface area contributed by atoms with Crippen LogP contribution in [0.5, 0.6) is 0 Å². The minimum atomic E-state index is -0.722. The molecule has 2 aliphatic heterocycles. The summed E-state index contributed by atoms with van der Waals surface area (Å²) < 4.78 is 0. The number of carboxylic acid groups (broad SMARTS) is 1. The quantitative estimate of drug-likeness (QED) is 0.608. The number of piperidine rings is 1. The molecule has 2 unspecified atom stereocenters. The zero-order valence-electron chi connectivity index (χ0n) is 16.8. The van der Waals surface area contributed by atoms with E-state index in [4.69, 9.17) is 0 Å². The van der Waals surface area contributed by atoms with E-state index in [0.29, 0.717) is 25.3 Å². The van der Waals surface area contributed by atoms with Gasteiger partial charge in [0, 0.05) is 13.1 Å². The maximum absolute atomic E-state index is 12.3. The Morgan fingerprint density at radius 2 is 1.96 bits per heavy atom. The van der Waals surface area contributed by atoms with Crippen LogP contribution in [0.2, 0.25) is 0 Å². The number of urea groups is 1. The van der Waals surface area contributed by atoms with Gasteiger partial charge in [0.15, 0.2) is 0 Å². The van der Waals surface area contributed by atoms with Gasteiger partial charge in [-0.3, -0.25) is 4.79 Å². The molecule has 2 amide bonds. The van der Waals surface area contributed by atoms with E-state index in [-0.39, 0.29) is 18.0 Å². The van der Waals surface area contributed by atoms with E-state index in [1.807, 2.05) is 24.0 Å². The van der Waals surface area contributed by atoms with Gasteiger partial charge in [0.05, 0.1) is 12.0 Å². The first-order chi connectivity index (χ1) is 13.6. The van der Waals surface area contributed by atoms with Gasteiger partial charge in [0.1, 0.15) is 0 Å². The summed E-state index contributed by atoms with van der Waals surface area (Å²) in [5, 5.41) is 15.7. The fourth-order valence-corrected chi connectivity index (χ4v) is 4.41. The van der Waals surface area contributed by atoms with Crippen LogP contribution in [-0.4, -0.2) is 48.2 Å². The van der Waals surface area contributed by atoms with Crippen molar-refractivity contribution in [2.45, 2.75) is 51.5 Å². The van der Waals surface area contributed by atoms with Gasteiger partial charge in [-0.05, 0) is 62.2 Å². The minimum Gasteiger partial charge on any atom is -0.481 e. The van der Waals surface area contributed by atoms with Crippen molar-refractivity contribution < 1.29 is 14.7 Å². The van der Waals surface area contributed by atoms with Crippen LogP contribution in [0.1, 0.15) is 56.2 Å². The Balaban J connectivity index is 1.60. The summed E-state index contributed by atoms with van der Waals surface area (Å²) in [5.74, 6) is -0.350. The number of nitrogens with one attached hydrogen (secondary N) is 2. The van der Waals surface area contributed by atoms with Crippen molar-refractivity contribution in [2.24, 2.45) is 11.8 Å². The first kappa shape index (κ1) is 20.6. The molecule has 2 atom stereocenters. The number of aliphatic carboxylic acids is 1. The lowest BCUT2D eigenvalue weighted by molar-refractivity contribution is -0.141. The summed E-state index contributed by atoms with van der Waals surface area (Å²) in [6, 6.07) is 8.25. The molecule has 0 bridgehead atoms. The van der Waals surface area contributed by atoms with Crippen LogP contribution in [0.3, 0.4) is 0 Å². The molecule has 28 heavy (non-hydrogen) atoms. The van der Waals surface area contributed by atoms with Gasteiger partial charge in [-0.2, -0.15) is 0 Å². The number of hydrogen-bond donors (Lipinski definition) is 3. The maximum Gasteiger partial charge on any atom is 0.318 e. The fraction of sp³-hybridized carbons (Fsp3) is 0.636. The highest BCUT2D eigenvalue weighted by atomic mass is 16.4. The third-order valence-corrected chi connectivity index (χ3v) is 6.15. The summed E-state index contributed by atoms with van der Waals surface area (Å²) in [5.41, 5.74) is 2.16. The van der Waals surface area contributed by atoms with Gasteiger partial charge in [-0.25, -0.2) is 4.79 Å². The molecule has 2 heterocycles. The number of nitrogens with zero attached hydrogens (tertiary/aromatic N) is 1. The highest BCUT2D eigenvalue weighted by Gasteiger charge is 2.32. The Labute approximate surface area is 167 Å². The second-order valence-corrected chi connectivity index (χ2v) is 8.15. The van der Waals surface area contributed by atoms with Gasteiger partial charge in [-0.1, -0.05) is 37.6 Å². The lowest BCUT2D eigenvalue weighted by Gasteiger charge is -2.28. The molecular weight excluding hydrogens is 354 g/mol. The molecule has 0 saturated carbocycles. The zero-order valence-corrected chi connectivity index (χ0v) is 16.8. The average molecular weight is 388 g/mol. The van der Waals surface area contributed by atoms with E-state index >= 15 is 0 Å². The van der Waals surface area contributed by atoms with Crippen molar-refractivity contribution in [1.29, 1.82) is 0 Å². The summed E-state index contributed by atoms with van der Waals surface area (Å²) in [4.78, 5) is 25.7. The van der Waals surface area contributed by atoms with Crippen LogP contribution in [0.25, 0.3) is 0 Å². The Kier molecular flexibility index (Phi) is 7.31. The highest BCUT2D eigenvalue weighted by Crippen LogP contribution is 2.27. The minimum absolute atomic E-state index is 0.0249. The smallest absolute Gasteiger partial charge is 0.318 e. The predicted molar refractivity (Wildman–Crippen MR) is 109 cm³/mol. The molecule has 3 rings (SSSR count). The molecule has 0 aliphatic carbocycles. The molecular formula is C22H33N3O3. The number of benzene rings is 1. The topological polar surface area (TPSA) is 81.7 Å². The molecule has 2 aliphatic rings. The third kappa shape index (κ3) is 5.25. The number of rotatable bonds is 9. The van der Waals surface area contributed by atoms with Crippen LogP contribution < -0.4 is 10.6 Å². The van der Waals surface area contributed by atoms with E-state index in [1.54, 1.807) is 0 Å². The van der Waals surface area contributed by atoms with E-state index in [2.05, 4.69) is 22.8 Å². The Morgan fingerprint density at radius 3 is 2.61 bits per heavy atom. The number of amides is 2. The molecule has 6 heteroatoms. The van der Waals surface area contributed by atoms with Crippen molar-refractivity contribution >= 4 is 12.0 Å². The summed E-state index contributed by atoms with van der Waals surface area (Å²) in [7, 11) is 0. The Bertz CT molecular complexity index is 655. The molecule has 0 spiro atoms. The maximum atomic E-state index is 12.3. The van der Waals surface area contributed by atoms with Crippen LogP contribution in [0.15, 0.2) is 24.3 Å². The number of carbonyl (C=O) groups excluding carboxylic acids is 1. The highest BCUT2D eigenvalue weighted by molar-refractivity contribution is 5.77. The van der Waals surface area contributed by atoms with Crippen molar-refractivity contribution in [3.8, 4) is 0 Å². The second-order valence-electron chi connectivity index (χ2n) is 8.15. The van der Waals surface area contributed by atoms with Gasteiger partial charge < -0.3 is 20.6 Å². The number of carbonyl (C=O) groups is 2. The van der Waals surface area contributed by atoms with Crippen LogP contribution in [0.4, 0.5) is 4.79 Å². The van der Waals surface area contributed by atoms with E-state index < -0.39 is 5.97 Å². The van der Waals surface area contributed by atoms with Crippen molar-refractivity contribution in [2.75, 3.05) is 26.2 Å². The molecule has 1 aromatic rings. The number of hydrogen-bond acceptors (Lipinski definition) is 3. The third-order valence-electron chi connectivity index (χ3n) is 6.15.